The Labute approximate surface area is 166 Å². The number of anilines is 1. The van der Waals surface area contributed by atoms with E-state index < -0.39 is 0 Å². The van der Waals surface area contributed by atoms with Crippen LogP contribution < -0.4 is 20.1 Å². The maximum Gasteiger partial charge on any atom is 0.319 e. The highest BCUT2D eigenvalue weighted by Crippen LogP contribution is 2.38. The molecule has 8 nitrogen and oxygen atoms in total. The quantitative estimate of drug-likeness (QED) is 0.688. The predicted molar refractivity (Wildman–Crippen MR) is 105 cm³/mol. The molecule has 2 amide bonds. The highest BCUT2D eigenvalue weighted by Gasteiger charge is 2.16. The van der Waals surface area contributed by atoms with E-state index in [0.29, 0.717) is 48.4 Å². The van der Waals surface area contributed by atoms with Crippen LogP contribution >= 0.6 is 11.6 Å². The summed E-state index contributed by atoms with van der Waals surface area (Å²) in [5.74, 6) is 1.22. The fourth-order valence-electron chi connectivity index (χ4n) is 2.88. The van der Waals surface area contributed by atoms with E-state index in [-0.39, 0.29) is 6.03 Å². The topological polar surface area (TPSA) is 90.3 Å². The molecule has 1 aromatic heterocycles. The molecule has 4 rings (SSSR count). The maximum atomic E-state index is 12.2. The first kappa shape index (κ1) is 18.1. The van der Waals surface area contributed by atoms with Crippen LogP contribution in [0.25, 0.3) is 5.69 Å². The third-order valence-electron chi connectivity index (χ3n) is 4.15. The molecule has 144 valence electrons. The molecule has 28 heavy (non-hydrogen) atoms. The summed E-state index contributed by atoms with van der Waals surface area (Å²) < 4.78 is 12.7. The molecule has 0 radical (unpaired) electrons. The van der Waals surface area contributed by atoms with Crippen LogP contribution in [0.1, 0.15) is 5.56 Å². The van der Waals surface area contributed by atoms with Crippen LogP contribution in [-0.2, 0) is 6.42 Å². The lowest BCUT2D eigenvalue weighted by Crippen LogP contribution is -2.30. The number of amides is 2. The van der Waals surface area contributed by atoms with Gasteiger partial charge in [0.2, 0.25) is 0 Å². The molecule has 3 aromatic rings. The van der Waals surface area contributed by atoms with Crippen LogP contribution in [0.15, 0.2) is 48.8 Å². The molecule has 1 aliphatic heterocycles. The Kier molecular flexibility index (Phi) is 5.29. The number of benzene rings is 2. The Morgan fingerprint density at radius 1 is 1.21 bits per heavy atom. The fraction of sp³-hybridized carbons (Fsp3) is 0.211. The van der Waals surface area contributed by atoms with Gasteiger partial charge in [0.25, 0.3) is 0 Å². The smallest absolute Gasteiger partial charge is 0.319 e. The molecule has 0 bridgehead atoms. The van der Waals surface area contributed by atoms with Crippen molar-refractivity contribution >= 4 is 23.3 Å². The number of hydrogen-bond acceptors (Lipinski definition) is 5. The van der Waals surface area contributed by atoms with Crippen molar-refractivity contribution in [3.63, 3.8) is 0 Å². The van der Waals surface area contributed by atoms with E-state index in [2.05, 4.69) is 20.9 Å². The average molecular weight is 400 g/mol. The van der Waals surface area contributed by atoms with E-state index in [0.717, 1.165) is 11.3 Å². The highest BCUT2D eigenvalue weighted by atomic mass is 35.5. The Morgan fingerprint density at radius 2 is 2.11 bits per heavy atom. The van der Waals surface area contributed by atoms with E-state index in [1.54, 1.807) is 23.1 Å². The number of ether oxygens (including phenoxy) is 2. The summed E-state index contributed by atoms with van der Waals surface area (Å²) in [7, 11) is 0. The monoisotopic (exact) mass is 399 g/mol. The summed E-state index contributed by atoms with van der Waals surface area (Å²) in [5.41, 5.74) is 2.43. The Morgan fingerprint density at radius 3 is 2.96 bits per heavy atom. The zero-order valence-corrected chi connectivity index (χ0v) is 15.6. The second kappa shape index (κ2) is 8.18. The molecule has 1 aliphatic rings. The number of fused-ring (bicyclic) bond motifs is 1. The molecule has 2 N–H and O–H groups in total. The van der Waals surface area contributed by atoms with Gasteiger partial charge < -0.3 is 20.1 Å². The molecule has 0 saturated carbocycles. The molecule has 0 saturated heterocycles. The zero-order valence-electron chi connectivity index (χ0n) is 14.9. The molecule has 9 heteroatoms. The first-order valence-electron chi connectivity index (χ1n) is 8.79. The van der Waals surface area contributed by atoms with Gasteiger partial charge in [0.15, 0.2) is 11.5 Å². The van der Waals surface area contributed by atoms with Gasteiger partial charge >= 0.3 is 6.03 Å². The lowest BCUT2D eigenvalue weighted by atomic mass is 10.1. The first-order valence-corrected chi connectivity index (χ1v) is 9.16. The maximum absolute atomic E-state index is 12.2. The van der Waals surface area contributed by atoms with E-state index in [1.807, 2.05) is 30.3 Å². The van der Waals surface area contributed by atoms with Gasteiger partial charge in [-0.1, -0.05) is 22.9 Å². The van der Waals surface area contributed by atoms with Gasteiger partial charge in [0.1, 0.15) is 13.2 Å². The van der Waals surface area contributed by atoms with Gasteiger partial charge in [-0.25, -0.2) is 9.48 Å². The van der Waals surface area contributed by atoms with Gasteiger partial charge in [0, 0.05) is 12.2 Å². The number of rotatable bonds is 5. The minimum Gasteiger partial charge on any atom is -0.486 e. The van der Waals surface area contributed by atoms with Crippen molar-refractivity contribution < 1.29 is 14.3 Å². The predicted octanol–water partition coefficient (Wildman–Crippen LogP) is 3.06. The number of carbonyl (C=O) groups excluding carboxylic acids is 1. The van der Waals surface area contributed by atoms with Gasteiger partial charge in [0.05, 0.1) is 23.1 Å². The fourth-order valence-corrected chi connectivity index (χ4v) is 3.16. The molecule has 2 aromatic carbocycles. The van der Waals surface area contributed by atoms with E-state index in [9.17, 15) is 4.79 Å². The van der Waals surface area contributed by atoms with Crippen molar-refractivity contribution in [3.8, 4) is 17.2 Å². The van der Waals surface area contributed by atoms with Gasteiger partial charge in [-0.15, -0.1) is 5.10 Å². The molecule has 0 atom stereocenters. The summed E-state index contributed by atoms with van der Waals surface area (Å²) >= 11 is 6.24. The van der Waals surface area contributed by atoms with Crippen molar-refractivity contribution in [1.82, 2.24) is 20.3 Å². The van der Waals surface area contributed by atoms with Crippen molar-refractivity contribution in [1.29, 1.82) is 0 Å². The molecular formula is C19H18ClN5O3. The largest absolute Gasteiger partial charge is 0.486 e. The highest BCUT2D eigenvalue weighted by molar-refractivity contribution is 6.32. The lowest BCUT2D eigenvalue weighted by molar-refractivity contribution is 0.171. The summed E-state index contributed by atoms with van der Waals surface area (Å²) in [6.45, 7) is 1.44. The number of carbonyl (C=O) groups is 1. The summed E-state index contributed by atoms with van der Waals surface area (Å²) in [4.78, 5) is 12.2. The Bertz CT molecular complexity index is 978. The minimum atomic E-state index is -0.292. The van der Waals surface area contributed by atoms with Crippen LogP contribution in [-0.4, -0.2) is 40.8 Å². The Balaban J connectivity index is 1.32. The van der Waals surface area contributed by atoms with Crippen LogP contribution in [0.5, 0.6) is 11.5 Å². The summed E-state index contributed by atoms with van der Waals surface area (Å²) in [5, 5.41) is 13.9. The normalized spacial score (nSPS) is 12.5. The molecule has 0 fully saturated rings. The standard InChI is InChI=1S/C19H18ClN5O3/c20-16-10-13(11-17-18(16)28-9-8-27-17)4-5-21-19(26)23-14-2-1-3-15(12-14)25-7-6-22-24-25/h1-3,6-7,10-12H,4-5,8-9H2,(H2,21,23,26). The van der Waals surface area contributed by atoms with Crippen molar-refractivity contribution in [3.05, 3.63) is 59.4 Å². The van der Waals surface area contributed by atoms with Crippen molar-refractivity contribution in [2.75, 3.05) is 25.1 Å². The van der Waals surface area contributed by atoms with Crippen LogP contribution in [0.4, 0.5) is 10.5 Å². The second-order valence-corrected chi connectivity index (χ2v) is 6.54. The number of hydrogen-bond donors (Lipinski definition) is 2. The molecule has 0 spiro atoms. The number of nitrogens with one attached hydrogen (secondary N) is 2. The van der Waals surface area contributed by atoms with E-state index >= 15 is 0 Å². The molecule has 0 unspecified atom stereocenters. The molecule has 2 heterocycles. The number of halogens is 1. The van der Waals surface area contributed by atoms with Crippen molar-refractivity contribution in [2.24, 2.45) is 0 Å². The Hall–Kier alpha value is -3.26. The van der Waals surface area contributed by atoms with Gasteiger partial charge in [-0.2, -0.15) is 0 Å². The molecule has 0 aliphatic carbocycles. The first-order chi connectivity index (χ1) is 13.7. The third-order valence-corrected chi connectivity index (χ3v) is 4.43. The number of aromatic nitrogens is 3. The summed E-state index contributed by atoms with van der Waals surface area (Å²) in [6.07, 6.45) is 3.94. The zero-order chi connectivity index (χ0) is 19.3. The van der Waals surface area contributed by atoms with Crippen LogP contribution in [0.2, 0.25) is 5.02 Å². The SMILES string of the molecule is O=C(NCCc1cc(Cl)c2c(c1)OCCO2)Nc1cccc(-n2ccnn2)c1. The average Bonchev–Trinajstić information content (AvgIpc) is 3.23. The second-order valence-electron chi connectivity index (χ2n) is 6.13. The van der Waals surface area contributed by atoms with Crippen LogP contribution in [0, 0.1) is 0 Å². The minimum absolute atomic E-state index is 0.292. The van der Waals surface area contributed by atoms with E-state index in [4.69, 9.17) is 21.1 Å². The van der Waals surface area contributed by atoms with Crippen molar-refractivity contribution in [2.45, 2.75) is 6.42 Å². The number of urea groups is 1. The third kappa shape index (κ3) is 4.17. The van der Waals surface area contributed by atoms with E-state index in [1.165, 1.54) is 0 Å². The van der Waals surface area contributed by atoms with Crippen LogP contribution in [0.3, 0.4) is 0 Å². The molecular weight excluding hydrogens is 382 g/mol. The summed E-state index contributed by atoms with van der Waals surface area (Å²) in [6, 6.07) is 10.8. The number of nitrogens with zero attached hydrogens (tertiary/aromatic N) is 3. The van der Waals surface area contributed by atoms with Gasteiger partial charge in [-0.05, 0) is 42.3 Å². The van der Waals surface area contributed by atoms with Gasteiger partial charge in [-0.3, -0.25) is 0 Å². The lowest BCUT2D eigenvalue weighted by Gasteiger charge is -2.20.